The van der Waals surface area contributed by atoms with Crippen LogP contribution in [-0.4, -0.2) is 42.6 Å². The van der Waals surface area contributed by atoms with Crippen molar-refractivity contribution in [1.29, 1.82) is 0 Å². The zero-order valence-electron chi connectivity index (χ0n) is 16.7. The van der Waals surface area contributed by atoms with Gasteiger partial charge in [0, 0.05) is 32.5 Å². The van der Waals surface area contributed by atoms with Crippen LogP contribution in [0.1, 0.15) is 36.0 Å². The molecule has 1 fully saturated rings. The van der Waals surface area contributed by atoms with Gasteiger partial charge in [0.2, 0.25) is 5.91 Å². The van der Waals surface area contributed by atoms with E-state index in [9.17, 15) is 4.79 Å². The molecule has 0 saturated carbocycles. The molecule has 1 saturated heterocycles. The van der Waals surface area contributed by atoms with Crippen molar-refractivity contribution in [2.45, 2.75) is 50.3 Å². The van der Waals surface area contributed by atoms with E-state index < -0.39 is 5.54 Å². The Morgan fingerprint density at radius 1 is 1.07 bits per heavy atom. The van der Waals surface area contributed by atoms with Crippen molar-refractivity contribution in [3.8, 4) is 0 Å². The van der Waals surface area contributed by atoms with E-state index in [4.69, 9.17) is 4.74 Å². The van der Waals surface area contributed by atoms with Gasteiger partial charge in [0.1, 0.15) is 5.54 Å². The molecule has 0 radical (unpaired) electrons. The smallest absolute Gasteiger partial charge is 0.241 e. The molecule has 4 heteroatoms. The summed E-state index contributed by atoms with van der Waals surface area (Å²) in [7, 11) is 2.08. The number of hydrogen-bond donors (Lipinski definition) is 1. The van der Waals surface area contributed by atoms with Crippen molar-refractivity contribution >= 4 is 5.91 Å². The molecule has 2 aromatic carbocycles. The molecular weight excluding hydrogens is 348 g/mol. The van der Waals surface area contributed by atoms with E-state index in [1.54, 1.807) is 0 Å². The summed E-state index contributed by atoms with van der Waals surface area (Å²) in [6, 6.07) is 18.8. The summed E-state index contributed by atoms with van der Waals surface area (Å²) in [5, 5.41) is 3.23. The molecule has 0 spiro atoms. The summed E-state index contributed by atoms with van der Waals surface area (Å²) in [5.41, 5.74) is 3.25. The Kier molecular flexibility index (Phi) is 5.79. The fraction of sp³-hybridized carbons (Fsp3) is 0.458. The van der Waals surface area contributed by atoms with Crippen molar-refractivity contribution < 1.29 is 9.53 Å². The molecule has 4 rings (SSSR count). The Labute approximate surface area is 167 Å². The molecule has 1 N–H and O–H groups in total. The molecule has 148 valence electrons. The molecule has 2 aliphatic rings. The fourth-order valence-corrected chi connectivity index (χ4v) is 4.55. The molecule has 1 aliphatic carbocycles. The second kappa shape index (κ2) is 8.46. The van der Waals surface area contributed by atoms with Gasteiger partial charge in [-0.2, -0.15) is 0 Å². The lowest BCUT2D eigenvalue weighted by atomic mass is 9.91. The molecular formula is C24H30N2O2. The number of benzene rings is 2. The minimum atomic E-state index is -0.547. The number of carbonyl (C=O) groups excluding carboxylic acids is 1. The molecule has 4 nitrogen and oxygen atoms in total. The van der Waals surface area contributed by atoms with Gasteiger partial charge in [-0.3, -0.25) is 9.69 Å². The van der Waals surface area contributed by atoms with E-state index in [-0.39, 0.29) is 12.0 Å². The molecule has 1 heterocycles. The van der Waals surface area contributed by atoms with Crippen molar-refractivity contribution in [3.05, 3.63) is 71.3 Å². The fourth-order valence-electron chi connectivity index (χ4n) is 4.55. The highest BCUT2D eigenvalue weighted by Crippen LogP contribution is 2.35. The van der Waals surface area contributed by atoms with E-state index in [1.165, 1.54) is 23.1 Å². The first-order valence-corrected chi connectivity index (χ1v) is 10.4. The van der Waals surface area contributed by atoms with Crippen LogP contribution in [0.2, 0.25) is 0 Å². The van der Waals surface area contributed by atoms with Gasteiger partial charge in [0.05, 0.1) is 6.10 Å². The summed E-state index contributed by atoms with van der Waals surface area (Å²) in [6.07, 6.45) is 5.01. The topological polar surface area (TPSA) is 41.6 Å². The van der Waals surface area contributed by atoms with Crippen LogP contribution in [0.25, 0.3) is 0 Å². The molecule has 28 heavy (non-hydrogen) atoms. The van der Waals surface area contributed by atoms with Crippen molar-refractivity contribution in [2.24, 2.45) is 0 Å². The average molecular weight is 379 g/mol. The van der Waals surface area contributed by atoms with Gasteiger partial charge in [-0.15, -0.1) is 0 Å². The van der Waals surface area contributed by atoms with Crippen molar-refractivity contribution in [2.75, 3.05) is 20.2 Å². The molecule has 2 aromatic rings. The zero-order valence-corrected chi connectivity index (χ0v) is 16.7. The van der Waals surface area contributed by atoms with Gasteiger partial charge < -0.3 is 10.1 Å². The molecule has 1 aliphatic heterocycles. The standard InChI is InChI=1S/C24H30N2O2/c1-26(18-19-9-3-2-4-10-19)24(15-20-11-5-6-12-21(20)16-24)23(27)25-17-22-13-7-8-14-28-22/h2-6,9-12,22H,7-8,13-18H2,1H3,(H,25,27). The monoisotopic (exact) mass is 378 g/mol. The third kappa shape index (κ3) is 3.98. The second-order valence-corrected chi connectivity index (χ2v) is 8.19. The molecule has 0 aromatic heterocycles. The number of likely N-dealkylation sites (N-methyl/N-ethyl adjacent to an activating group) is 1. The molecule has 1 amide bonds. The summed E-state index contributed by atoms with van der Waals surface area (Å²) in [4.78, 5) is 15.7. The summed E-state index contributed by atoms with van der Waals surface area (Å²) in [6.45, 7) is 2.17. The van der Waals surface area contributed by atoms with Crippen LogP contribution in [0.4, 0.5) is 0 Å². The summed E-state index contributed by atoms with van der Waals surface area (Å²) >= 11 is 0. The van der Waals surface area contributed by atoms with Gasteiger partial charge in [-0.25, -0.2) is 0 Å². The Hall–Kier alpha value is -2.17. The SMILES string of the molecule is CN(Cc1ccccc1)C1(C(=O)NCC2CCCCO2)Cc2ccccc2C1. The maximum Gasteiger partial charge on any atom is 0.241 e. The highest BCUT2D eigenvalue weighted by atomic mass is 16.5. The van der Waals surface area contributed by atoms with Crippen LogP contribution in [0, 0.1) is 0 Å². The lowest BCUT2D eigenvalue weighted by Crippen LogP contribution is -2.59. The number of rotatable bonds is 6. The van der Waals surface area contributed by atoms with Gasteiger partial charge in [-0.1, -0.05) is 54.6 Å². The number of ether oxygens (including phenoxy) is 1. The van der Waals surface area contributed by atoms with Crippen molar-refractivity contribution in [3.63, 3.8) is 0 Å². The third-order valence-corrected chi connectivity index (χ3v) is 6.26. The summed E-state index contributed by atoms with van der Waals surface area (Å²) in [5.74, 6) is 0.122. The maximum atomic E-state index is 13.5. The highest BCUT2D eigenvalue weighted by Gasteiger charge is 2.47. The Morgan fingerprint density at radius 3 is 2.39 bits per heavy atom. The largest absolute Gasteiger partial charge is 0.376 e. The maximum absolute atomic E-state index is 13.5. The summed E-state index contributed by atoms with van der Waals surface area (Å²) < 4.78 is 5.81. The van der Waals surface area contributed by atoms with Gasteiger partial charge in [-0.05, 0) is 43.0 Å². The number of amides is 1. The molecule has 0 bridgehead atoms. The molecule has 1 unspecified atom stereocenters. The van der Waals surface area contributed by atoms with Gasteiger partial charge in [0.15, 0.2) is 0 Å². The van der Waals surface area contributed by atoms with Crippen LogP contribution < -0.4 is 5.32 Å². The lowest BCUT2D eigenvalue weighted by molar-refractivity contribution is -0.133. The lowest BCUT2D eigenvalue weighted by Gasteiger charge is -2.38. The minimum Gasteiger partial charge on any atom is -0.376 e. The first-order chi connectivity index (χ1) is 13.7. The normalized spacial score (nSPS) is 20.7. The van der Waals surface area contributed by atoms with E-state index in [2.05, 4.69) is 65.8 Å². The minimum absolute atomic E-state index is 0.122. The zero-order chi connectivity index (χ0) is 19.4. The van der Waals surface area contributed by atoms with Crippen molar-refractivity contribution in [1.82, 2.24) is 10.2 Å². The number of nitrogens with zero attached hydrogens (tertiary/aromatic N) is 1. The first-order valence-electron chi connectivity index (χ1n) is 10.4. The second-order valence-electron chi connectivity index (χ2n) is 8.19. The quantitative estimate of drug-likeness (QED) is 0.838. The highest BCUT2D eigenvalue weighted by molar-refractivity contribution is 5.88. The Bertz CT molecular complexity index is 774. The average Bonchev–Trinajstić information content (AvgIpc) is 3.14. The Morgan fingerprint density at radius 2 is 1.75 bits per heavy atom. The number of hydrogen-bond acceptors (Lipinski definition) is 3. The van der Waals surface area contributed by atoms with Crippen LogP contribution in [-0.2, 0) is 28.9 Å². The predicted molar refractivity (Wildman–Crippen MR) is 111 cm³/mol. The van der Waals surface area contributed by atoms with Crippen LogP contribution in [0.5, 0.6) is 0 Å². The Balaban J connectivity index is 1.52. The number of fused-ring (bicyclic) bond motifs is 1. The van der Waals surface area contributed by atoms with E-state index >= 15 is 0 Å². The third-order valence-electron chi connectivity index (χ3n) is 6.26. The van der Waals surface area contributed by atoms with E-state index in [0.717, 1.165) is 38.8 Å². The van der Waals surface area contributed by atoms with Crippen LogP contribution >= 0.6 is 0 Å². The molecule has 1 atom stereocenters. The number of nitrogens with one attached hydrogen (secondary N) is 1. The van der Waals surface area contributed by atoms with Crippen LogP contribution in [0.3, 0.4) is 0 Å². The van der Waals surface area contributed by atoms with Gasteiger partial charge >= 0.3 is 0 Å². The number of carbonyl (C=O) groups is 1. The van der Waals surface area contributed by atoms with E-state index in [1.807, 2.05) is 6.07 Å². The van der Waals surface area contributed by atoms with Gasteiger partial charge in [0.25, 0.3) is 0 Å². The predicted octanol–water partition coefficient (Wildman–Crippen LogP) is 3.34. The van der Waals surface area contributed by atoms with E-state index in [0.29, 0.717) is 6.54 Å². The first kappa shape index (κ1) is 19.2. The van der Waals surface area contributed by atoms with Crippen LogP contribution in [0.15, 0.2) is 54.6 Å².